The highest BCUT2D eigenvalue weighted by molar-refractivity contribution is 7.15. The SMILES string of the molecule is OC(c1ccccc1)C1(CNc2nnc(Cc3ccccc3)s2)CC1. The van der Waals surface area contributed by atoms with E-state index in [0.717, 1.165) is 41.5 Å². The maximum atomic E-state index is 10.7. The lowest BCUT2D eigenvalue weighted by Crippen LogP contribution is -2.23. The average molecular weight is 351 g/mol. The summed E-state index contributed by atoms with van der Waals surface area (Å²) in [5.74, 6) is 0. The zero-order chi connectivity index (χ0) is 17.1. The lowest BCUT2D eigenvalue weighted by Gasteiger charge is -2.22. The van der Waals surface area contributed by atoms with Gasteiger partial charge in [0.2, 0.25) is 5.13 Å². The maximum Gasteiger partial charge on any atom is 0.205 e. The highest BCUT2D eigenvalue weighted by atomic mass is 32.1. The first kappa shape index (κ1) is 16.2. The van der Waals surface area contributed by atoms with E-state index in [9.17, 15) is 5.11 Å². The van der Waals surface area contributed by atoms with Crippen molar-refractivity contribution in [3.05, 3.63) is 76.8 Å². The Morgan fingerprint density at radius 1 is 1.00 bits per heavy atom. The molecular weight excluding hydrogens is 330 g/mol. The van der Waals surface area contributed by atoms with Crippen LogP contribution in [0.3, 0.4) is 0 Å². The molecule has 25 heavy (non-hydrogen) atoms. The van der Waals surface area contributed by atoms with Crippen molar-refractivity contribution in [2.45, 2.75) is 25.4 Å². The van der Waals surface area contributed by atoms with Gasteiger partial charge in [-0.1, -0.05) is 72.0 Å². The predicted molar refractivity (Wildman–Crippen MR) is 101 cm³/mol. The lowest BCUT2D eigenvalue weighted by atomic mass is 9.93. The molecule has 0 aliphatic heterocycles. The first-order chi connectivity index (χ1) is 12.3. The predicted octanol–water partition coefficient (Wildman–Crippen LogP) is 4.05. The third-order valence-electron chi connectivity index (χ3n) is 4.84. The van der Waals surface area contributed by atoms with Crippen LogP contribution in [-0.4, -0.2) is 21.8 Å². The van der Waals surface area contributed by atoms with Gasteiger partial charge in [0.25, 0.3) is 0 Å². The number of nitrogens with zero attached hydrogens (tertiary/aromatic N) is 2. The number of hydrogen-bond donors (Lipinski definition) is 2. The molecule has 5 heteroatoms. The Bertz CT molecular complexity index is 815. The van der Waals surface area contributed by atoms with Crippen LogP contribution in [0.5, 0.6) is 0 Å². The van der Waals surface area contributed by atoms with Gasteiger partial charge in [0.05, 0.1) is 6.10 Å². The second-order valence-electron chi connectivity index (χ2n) is 6.69. The van der Waals surface area contributed by atoms with Crippen LogP contribution in [0, 0.1) is 5.41 Å². The van der Waals surface area contributed by atoms with Crippen LogP contribution in [0.15, 0.2) is 60.7 Å². The van der Waals surface area contributed by atoms with Crippen LogP contribution < -0.4 is 5.32 Å². The van der Waals surface area contributed by atoms with Crippen LogP contribution in [0.2, 0.25) is 0 Å². The van der Waals surface area contributed by atoms with Crippen molar-refractivity contribution in [3.63, 3.8) is 0 Å². The number of anilines is 1. The number of aliphatic hydroxyl groups excluding tert-OH is 1. The van der Waals surface area contributed by atoms with E-state index < -0.39 is 6.10 Å². The third-order valence-corrected chi connectivity index (χ3v) is 5.73. The summed E-state index contributed by atoms with van der Waals surface area (Å²) in [5.41, 5.74) is 2.15. The number of hydrogen-bond acceptors (Lipinski definition) is 5. The molecule has 1 aliphatic carbocycles. The molecule has 3 aromatic rings. The Morgan fingerprint density at radius 2 is 1.68 bits per heavy atom. The van der Waals surface area contributed by atoms with E-state index in [4.69, 9.17) is 0 Å². The number of benzene rings is 2. The van der Waals surface area contributed by atoms with Crippen LogP contribution in [0.25, 0.3) is 0 Å². The van der Waals surface area contributed by atoms with Gasteiger partial charge in [-0.2, -0.15) is 0 Å². The Kier molecular flexibility index (Phi) is 4.51. The first-order valence-corrected chi connectivity index (χ1v) is 9.40. The summed E-state index contributed by atoms with van der Waals surface area (Å²) in [6.45, 7) is 0.725. The first-order valence-electron chi connectivity index (χ1n) is 8.58. The van der Waals surface area contributed by atoms with E-state index in [2.05, 4.69) is 27.6 Å². The zero-order valence-corrected chi connectivity index (χ0v) is 14.7. The molecule has 0 amide bonds. The Morgan fingerprint density at radius 3 is 2.36 bits per heavy atom. The molecular formula is C20H21N3OS. The van der Waals surface area contributed by atoms with E-state index in [-0.39, 0.29) is 5.41 Å². The summed E-state index contributed by atoms with van der Waals surface area (Å²) in [6, 6.07) is 20.2. The molecule has 1 aliphatic rings. The van der Waals surface area contributed by atoms with E-state index in [1.165, 1.54) is 5.56 Å². The van der Waals surface area contributed by atoms with Crippen LogP contribution in [-0.2, 0) is 6.42 Å². The van der Waals surface area contributed by atoms with Crippen molar-refractivity contribution in [1.82, 2.24) is 10.2 Å². The molecule has 0 saturated heterocycles. The van der Waals surface area contributed by atoms with Crippen molar-refractivity contribution in [3.8, 4) is 0 Å². The van der Waals surface area contributed by atoms with E-state index in [1.54, 1.807) is 11.3 Å². The van der Waals surface area contributed by atoms with E-state index in [0.29, 0.717) is 0 Å². The number of nitrogens with one attached hydrogen (secondary N) is 1. The third kappa shape index (κ3) is 3.72. The van der Waals surface area contributed by atoms with E-state index in [1.807, 2.05) is 48.5 Å². The molecule has 1 fully saturated rings. The molecule has 0 radical (unpaired) electrons. The molecule has 1 unspecified atom stereocenters. The van der Waals surface area contributed by atoms with E-state index >= 15 is 0 Å². The largest absolute Gasteiger partial charge is 0.388 e. The van der Waals surface area contributed by atoms with Crippen molar-refractivity contribution in [2.75, 3.05) is 11.9 Å². The minimum atomic E-state index is -0.432. The van der Waals surface area contributed by atoms with Crippen LogP contribution >= 0.6 is 11.3 Å². The second-order valence-corrected chi connectivity index (χ2v) is 7.75. The molecule has 1 aromatic heterocycles. The molecule has 2 aromatic carbocycles. The fourth-order valence-corrected chi connectivity index (χ4v) is 3.88. The summed E-state index contributed by atoms with van der Waals surface area (Å²) in [5, 5.41) is 24.5. The number of aliphatic hydroxyl groups is 1. The zero-order valence-electron chi connectivity index (χ0n) is 13.9. The Labute approximate surface area is 151 Å². The van der Waals surface area contributed by atoms with Gasteiger partial charge in [0.15, 0.2) is 0 Å². The summed E-state index contributed by atoms with van der Waals surface area (Å²) in [4.78, 5) is 0. The standard InChI is InChI=1S/C20H21N3OS/c24-18(16-9-5-2-6-10-16)20(11-12-20)14-21-19-23-22-17(25-19)13-15-7-3-1-4-8-15/h1-10,18,24H,11-14H2,(H,21,23). The van der Waals surface area contributed by atoms with Crippen LogP contribution in [0.4, 0.5) is 5.13 Å². The van der Waals surface area contributed by atoms with Gasteiger partial charge >= 0.3 is 0 Å². The molecule has 2 N–H and O–H groups in total. The van der Waals surface area contributed by atoms with Gasteiger partial charge in [-0.3, -0.25) is 0 Å². The fraction of sp³-hybridized carbons (Fsp3) is 0.300. The number of aromatic nitrogens is 2. The Balaban J connectivity index is 1.37. The molecule has 1 saturated carbocycles. The lowest BCUT2D eigenvalue weighted by molar-refractivity contribution is 0.1000. The Hall–Kier alpha value is -2.24. The molecule has 0 spiro atoms. The normalized spacial score (nSPS) is 16.4. The van der Waals surface area contributed by atoms with Gasteiger partial charge in [-0.25, -0.2) is 0 Å². The van der Waals surface area contributed by atoms with Gasteiger partial charge in [0.1, 0.15) is 5.01 Å². The van der Waals surface area contributed by atoms with Gasteiger partial charge in [-0.05, 0) is 24.0 Å². The van der Waals surface area contributed by atoms with Gasteiger partial charge < -0.3 is 10.4 Å². The molecule has 4 nitrogen and oxygen atoms in total. The number of rotatable bonds is 7. The highest BCUT2D eigenvalue weighted by Crippen LogP contribution is 2.54. The molecule has 128 valence electrons. The second kappa shape index (κ2) is 6.94. The topological polar surface area (TPSA) is 58.0 Å². The van der Waals surface area contributed by atoms with Gasteiger partial charge in [-0.15, -0.1) is 10.2 Å². The molecule has 1 atom stereocenters. The fourth-order valence-electron chi connectivity index (χ4n) is 3.11. The summed E-state index contributed by atoms with van der Waals surface area (Å²) >= 11 is 1.59. The highest BCUT2D eigenvalue weighted by Gasteiger charge is 2.49. The maximum absolute atomic E-state index is 10.7. The smallest absolute Gasteiger partial charge is 0.205 e. The molecule has 4 rings (SSSR count). The monoisotopic (exact) mass is 351 g/mol. The minimum absolute atomic E-state index is 0.0768. The van der Waals surface area contributed by atoms with Gasteiger partial charge in [0, 0.05) is 18.4 Å². The van der Waals surface area contributed by atoms with Crippen LogP contribution in [0.1, 0.15) is 35.1 Å². The summed E-state index contributed by atoms with van der Waals surface area (Å²) in [7, 11) is 0. The van der Waals surface area contributed by atoms with Crippen molar-refractivity contribution >= 4 is 16.5 Å². The summed E-state index contributed by atoms with van der Waals surface area (Å²) < 4.78 is 0. The quantitative estimate of drug-likeness (QED) is 0.674. The molecule has 0 bridgehead atoms. The minimum Gasteiger partial charge on any atom is -0.388 e. The van der Waals surface area contributed by atoms with Crippen molar-refractivity contribution < 1.29 is 5.11 Å². The average Bonchev–Trinajstić information content (AvgIpc) is 3.33. The van der Waals surface area contributed by atoms with Crippen molar-refractivity contribution in [1.29, 1.82) is 0 Å². The summed E-state index contributed by atoms with van der Waals surface area (Å²) in [6.07, 6.45) is 2.44. The van der Waals surface area contributed by atoms with Crippen molar-refractivity contribution in [2.24, 2.45) is 5.41 Å². The molecule has 1 heterocycles.